The third-order valence-electron chi connectivity index (χ3n) is 2.17. The Balaban J connectivity index is 4.02. The zero-order chi connectivity index (χ0) is 10.5. The molecule has 1 heteroatoms. The molecule has 0 saturated carbocycles. The van der Waals surface area contributed by atoms with E-state index in [1.165, 1.54) is 18.2 Å². The first-order chi connectivity index (χ1) is 5.87. The standard InChI is InChI=1S/C12H25P/c1-7-12(11(2)3)9-8-10-13(4,5)6/h8-9,12-13H,2,7,10H2,1,3-6H3/b9-8+. The van der Waals surface area contributed by atoms with Crippen molar-refractivity contribution in [1.82, 2.24) is 0 Å². The van der Waals surface area contributed by atoms with Crippen LogP contribution in [0.3, 0.4) is 0 Å². The molecule has 0 heterocycles. The Kier molecular flexibility index (Phi) is 5.56. The minimum atomic E-state index is -0.888. The first kappa shape index (κ1) is 12.9. The van der Waals surface area contributed by atoms with Crippen LogP contribution in [-0.4, -0.2) is 26.2 Å². The summed E-state index contributed by atoms with van der Waals surface area (Å²) >= 11 is 0. The molecule has 0 aliphatic carbocycles. The molecule has 1 unspecified atom stereocenters. The summed E-state index contributed by atoms with van der Waals surface area (Å²) in [5.74, 6) is 0.594. The Labute approximate surface area is 84.5 Å². The molecule has 0 amide bonds. The second-order valence-corrected chi connectivity index (χ2v) is 10.6. The van der Waals surface area contributed by atoms with Gasteiger partial charge in [0.05, 0.1) is 0 Å². The number of hydrogen-bond acceptors (Lipinski definition) is 0. The first-order valence-corrected chi connectivity index (χ1v) is 8.89. The van der Waals surface area contributed by atoms with Crippen molar-refractivity contribution in [2.75, 3.05) is 26.2 Å². The van der Waals surface area contributed by atoms with Crippen molar-refractivity contribution in [3.63, 3.8) is 0 Å². The predicted molar refractivity (Wildman–Crippen MR) is 68.7 cm³/mol. The van der Waals surface area contributed by atoms with Crippen molar-refractivity contribution in [2.24, 2.45) is 5.92 Å². The van der Waals surface area contributed by atoms with Crippen LogP contribution in [0.2, 0.25) is 0 Å². The van der Waals surface area contributed by atoms with Crippen LogP contribution in [-0.2, 0) is 0 Å². The molecular formula is C12H25P. The molecule has 0 rings (SSSR count). The molecular weight excluding hydrogens is 175 g/mol. The van der Waals surface area contributed by atoms with Crippen LogP contribution in [0.1, 0.15) is 20.3 Å². The van der Waals surface area contributed by atoms with Gasteiger partial charge in [-0.15, -0.1) is 0 Å². The molecule has 0 fully saturated rings. The Hall–Kier alpha value is -0.0900. The third-order valence-corrected chi connectivity index (χ3v) is 3.63. The normalized spacial score (nSPS) is 16.1. The number of allylic oxidation sites excluding steroid dienone is 3. The summed E-state index contributed by atoms with van der Waals surface area (Å²) in [4.78, 5) is 0. The summed E-state index contributed by atoms with van der Waals surface area (Å²) in [6.07, 6.45) is 7.16. The monoisotopic (exact) mass is 200 g/mol. The van der Waals surface area contributed by atoms with Crippen molar-refractivity contribution < 1.29 is 0 Å². The Bertz CT molecular complexity index is 184. The summed E-state index contributed by atoms with van der Waals surface area (Å²) in [6, 6.07) is 0. The van der Waals surface area contributed by atoms with E-state index in [9.17, 15) is 0 Å². The van der Waals surface area contributed by atoms with E-state index in [1.54, 1.807) is 0 Å². The van der Waals surface area contributed by atoms with Crippen LogP contribution in [0.25, 0.3) is 0 Å². The molecule has 0 aromatic rings. The van der Waals surface area contributed by atoms with Gasteiger partial charge >= 0.3 is 83.9 Å². The van der Waals surface area contributed by atoms with E-state index in [1.807, 2.05) is 0 Å². The third kappa shape index (κ3) is 7.02. The van der Waals surface area contributed by atoms with Crippen LogP contribution in [0.4, 0.5) is 0 Å². The quantitative estimate of drug-likeness (QED) is 0.468. The molecule has 0 aliphatic heterocycles. The van der Waals surface area contributed by atoms with Crippen molar-refractivity contribution in [1.29, 1.82) is 0 Å². The molecule has 0 aromatic heterocycles. The van der Waals surface area contributed by atoms with Crippen molar-refractivity contribution >= 4 is 7.26 Å². The maximum absolute atomic E-state index is 4.00. The van der Waals surface area contributed by atoms with Gasteiger partial charge in [-0.3, -0.25) is 0 Å². The average Bonchev–Trinajstić information content (AvgIpc) is 1.95. The van der Waals surface area contributed by atoms with Crippen LogP contribution in [0, 0.1) is 5.92 Å². The van der Waals surface area contributed by atoms with Crippen LogP contribution in [0.5, 0.6) is 0 Å². The molecule has 0 bridgehead atoms. The summed E-state index contributed by atoms with van der Waals surface area (Å²) in [7, 11) is -0.888. The van der Waals surface area contributed by atoms with E-state index in [4.69, 9.17) is 0 Å². The molecule has 0 spiro atoms. The Morgan fingerprint density at radius 1 is 1.38 bits per heavy atom. The summed E-state index contributed by atoms with van der Waals surface area (Å²) in [5, 5.41) is 0. The second kappa shape index (κ2) is 5.60. The molecule has 0 N–H and O–H groups in total. The second-order valence-electron chi connectivity index (χ2n) is 5.05. The van der Waals surface area contributed by atoms with Crippen molar-refractivity contribution in [3.05, 3.63) is 24.3 Å². The van der Waals surface area contributed by atoms with E-state index in [-0.39, 0.29) is 0 Å². The van der Waals surface area contributed by atoms with Gasteiger partial charge in [0.2, 0.25) is 0 Å². The zero-order valence-electron chi connectivity index (χ0n) is 9.85. The molecule has 0 saturated heterocycles. The van der Waals surface area contributed by atoms with E-state index in [2.05, 4.69) is 52.6 Å². The maximum atomic E-state index is 4.00. The van der Waals surface area contributed by atoms with E-state index in [0.29, 0.717) is 5.92 Å². The number of rotatable bonds is 5. The van der Waals surface area contributed by atoms with Gasteiger partial charge in [-0.25, -0.2) is 0 Å². The fraction of sp³-hybridized carbons (Fsp3) is 0.667. The van der Waals surface area contributed by atoms with Gasteiger partial charge in [0, 0.05) is 0 Å². The van der Waals surface area contributed by atoms with Gasteiger partial charge in [-0.2, -0.15) is 0 Å². The van der Waals surface area contributed by atoms with Crippen LogP contribution < -0.4 is 0 Å². The van der Waals surface area contributed by atoms with Gasteiger partial charge < -0.3 is 0 Å². The van der Waals surface area contributed by atoms with Crippen molar-refractivity contribution in [2.45, 2.75) is 20.3 Å². The van der Waals surface area contributed by atoms with Gasteiger partial charge in [0.15, 0.2) is 0 Å². The van der Waals surface area contributed by atoms with Gasteiger partial charge in [0.25, 0.3) is 0 Å². The topological polar surface area (TPSA) is 0 Å². The first-order valence-electron chi connectivity index (χ1n) is 5.19. The van der Waals surface area contributed by atoms with E-state index < -0.39 is 7.26 Å². The zero-order valence-corrected chi connectivity index (χ0v) is 10.9. The molecule has 78 valence electrons. The fourth-order valence-corrected chi connectivity index (χ4v) is 2.08. The van der Waals surface area contributed by atoms with Gasteiger partial charge in [-0.1, -0.05) is 0 Å². The fourth-order valence-electron chi connectivity index (χ4n) is 1.23. The average molecular weight is 200 g/mol. The molecule has 0 aromatic carbocycles. The van der Waals surface area contributed by atoms with Gasteiger partial charge in [0.1, 0.15) is 0 Å². The molecule has 13 heavy (non-hydrogen) atoms. The van der Waals surface area contributed by atoms with Crippen LogP contribution >= 0.6 is 7.26 Å². The predicted octanol–water partition coefficient (Wildman–Crippen LogP) is 3.78. The number of hydrogen-bond donors (Lipinski definition) is 0. The van der Waals surface area contributed by atoms with Crippen LogP contribution in [0.15, 0.2) is 24.3 Å². The summed E-state index contributed by atoms with van der Waals surface area (Å²) < 4.78 is 0. The Morgan fingerprint density at radius 2 is 1.92 bits per heavy atom. The molecule has 0 nitrogen and oxygen atoms in total. The van der Waals surface area contributed by atoms with Crippen molar-refractivity contribution in [3.8, 4) is 0 Å². The molecule has 0 radical (unpaired) electrons. The summed E-state index contributed by atoms with van der Waals surface area (Å²) in [6.45, 7) is 15.5. The van der Waals surface area contributed by atoms with Gasteiger partial charge in [-0.05, 0) is 0 Å². The Morgan fingerprint density at radius 3 is 2.23 bits per heavy atom. The summed E-state index contributed by atoms with van der Waals surface area (Å²) in [5.41, 5.74) is 1.29. The molecule has 0 aliphatic rings. The molecule has 1 atom stereocenters. The van der Waals surface area contributed by atoms with E-state index in [0.717, 1.165) is 0 Å². The van der Waals surface area contributed by atoms with E-state index >= 15 is 0 Å². The minimum absolute atomic E-state index is 0.594. The SMILES string of the molecule is C=C(C)C(/C=C/C[PH](C)(C)C)CC.